The average Bonchev–Trinajstić information content (AvgIpc) is 2.86. The monoisotopic (exact) mass is 219 g/mol. The molecule has 0 spiro atoms. The van der Waals surface area contributed by atoms with Gasteiger partial charge in [0.15, 0.2) is 11.4 Å². The molecule has 3 heterocycles. The van der Waals surface area contributed by atoms with Crippen molar-refractivity contribution in [3.05, 3.63) is 41.7 Å². The van der Waals surface area contributed by atoms with Gasteiger partial charge in [-0.15, -0.1) is 5.10 Å². The van der Waals surface area contributed by atoms with Gasteiger partial charge in [0.1, 0.15) is 5.15 Å². The van der Waals surface area contributed by atoms with E-state index in [0.717, 1.165) is 0 Å². The molecule has 0 bridgehead atoms. The molecule has 15 heavy (non-hydrogen) atoms. The van der Waals surface area contributed by atoms with Crippen LogP contribution >= 0.6 is 11.6 Å². The highest BCUT2D eigenvalue weighted by atomic mass is 35.5. The molecule has 0 saturated heterocycles. The highest BCUT2D eigenvalue weighted by Gasteiger charge is 2.09. The van der Waals surface area contributed by atoms with E-state index in [9.17, 15) is 0 Å². The second-order valence-corrected chi connectivity index (χ2v) is 3.42. The maximum absolute atomic E-state index is 5.96. The third-order valence-corrected chi connectivity index (χ3v) is 2.34. The SMILES string of the molecule is Clc1cccc2nc(-c3ccco3)nn12. The zero-order chi connectivity index (χ0) is 10.3. The Kier molecular flexibility index (Phi) is 1.76. The highest BCUT2D eigenvalue weighted by Crippen LogP contribution is 2.18. The van der Waals surface area contributed by atoms with Crippen LogP contribution in [0.2, 0.25) is 5.15 Å². The predicted octanol–water partition coefficient (Wildman–Crippen LogP) is 2.64. The van der Waals surface area contributed by atoms with Crippen LogP contribution in [0.5, 0.6) is 0 Å². The summed E-state index contributed by atoms with van der Waals surface area (Å²) in [4.78, 5) is 4.29. The maximum atomic E-state index is 5.96. The molecular weight excluding hydrogens is 214 g/mol. The van der Waals surface area contributed by atoms with Gasteiger partial charge in [-0.3, -0.25) is 0 Å². The number of hydrogen-bond donors (Lipinski definition) is 0. The summed E-state index contributed by atoms with van der Waals surface area (Å²) in [6.07, 6.45) is 1.59. The van der Waals surface area contributed by atoms with Crippen LogP contribution in [0.4, 0.5) is 0 Å². The fourth-order valence-electron chi connectivity index (χ4n) is 1.38. The van der Waals surface area contributed by atoms with Gasteiger partial charge in [-0.05, 0) is 24.3 Å². The van der Waals surface area contributed by atoms with E-state index in [4.69, 9.17) is 16.0 Å². The van der Waals surface area contributed by atoms with Crippen molar-refractivity contribution in [1.82, 2.24) is 14.6 Å². The summed E-state index contributed by atoms with van der Waals surface area (Å²) in [6.45, 7) is 0. The topological polar surface area (TPSA) is 43.3 Å². The molecule has 0 N–H and O–H groups in total. The predicted molar refractivity (Wildman–Crippen MR) is 55.7 cm³/mol. The van der Waals surface area contributed by atoms with Gasteiger partial charge in [0.05, 0.1) is 6.26 Å². The maximum Gasteiger partial charge on any atom is 0.217 e. The number of hydrogen-bond acceptors (Lipinski definition) is 3. The second-order valence-electron chi connectivity index (χ2n) is 3.03. The number of fused-ring (bicyclic) bond motifs is 1. The first-order valence-electron chi connectivity index (χ1n) is 4.40. The molecule has 3 rings (SSSR count). The van der Waals surface area contributed by atoms with Crippen molar-refractivity contribution in [1.29, 1.82) is 0 Å². The van der Waals surface area contributed by atoms with Gasteiger partial charge >= 0.3 is 0 Å². The minimum absolute atomic E-state index is 0.526. The number of pyridine rings is 1. The molecule has 0 atom stereocenters. The van der Waals surface area contributed by atoms with Gasteiger partial charge in [-0.2, -0.15) is 0 Å². The molecule has 0 saturated carbocycles. The first-order valence-corrected chi connectivity index (χ1v) is 4.77. The van der Waals surface area contributed by atoms with Crippen LogP contribution in [0.3, 0.4) is 0 Å². The number of nitrogens with zero attached hydrogens (tertiary/aromatic N) is 3. The molecular formula is C10H6ClN3O. The zero-order valence-electron chi connectivity index (χ0n) is 7.59. The minimum atomic E-state index is 0.526. The lowest BCUT2D eigenvalue weighted by molar-refractivity contribution is 0.577. The Hall–Kier alpha value is -1.81. The lowest BCUT2D eigenvalue weighted by Crippen LogP contribution is -1.87. The molecule has 3 aromatic heterocycles. The summed E-state index contributed by atoms with van der Waals surface area (Å²) in [5.74, 6) is 1.17. The van der Waals surface area contributed by atoms with Crippen molar-refractivity contribution in [2.45, 2.75) is 0 Å². The second kappa shape index (κ2) is 3.10. The summed E-state index contributed by atoms with van der Waals surface area (Å²) < 4.78 is 6.78. The minimum Gasteiger partial charge on any atom is -0.461 e. The molecule has 0 fully saturated rings. The quantitative estimate of drug-likeness (QED) is 0.591. The van der Waals surface area contributed by atoms with E-state index >= 15 is 0 Å². The largest absolute Gasteiger partial charge is 0.461 e. The van der Waals surface area contributed by atoms with E-state index in [1.165, 1.54) is 0 Å². The van der Waals surface area contributed by atoms with Gasteiger partial charge in [0.2, 0.25) is 5.82 Å². The van der Waals surface area contributed by atoms with E-state index in [-0.39, 0.29) is 0 Å². The van der Waals surface area contributed by atoms with Crippen LogP contribution in [0.15, 0.2) is 41.0 Å². The fourth-order valence-corrected chi connectivity index (χ4v) is 1.58. The van der Waals surface area contributed by atoms with Gasteiger partial charge < -0.3 is 4.42 Å². The van der Waals surface area contributed by atoms with Crippen molar-refractivity contribution >= 4 is 17.2 Å². The van der Waals surface area contributed by atoms with Crippen LogP contribution in [-0.4, -0.2) is 14.6 Å². The Morgan fingerprint density at radius 1 is 1.20 bits per heavy atom. The number of rotatable bonds is 1. The molecule has 0 aliphatic rings. The van der Waals surface area contributed by atoms with Crippen molar-refractivity contribution in [3.63, 3.8) is 0 Å². The van der Waals surface area contributed by atoms with Crippen molar-refractivity contribution in [2.24, 2.45) is 0 Å². The van der Waals surface area contributed by atoms with E-state index < -0.39 is 0 Å². The first kappa shape index (κ1) is 8.49. The normalized spacial score (nSPS) is 11.0. The summed E-state index contributed by atoms with van der Waals surface area (Å²) in [7, 11) is 0. The van der Waals surface area contributed by atoms with Crippen LogP contribution in [-0.2, 0) is 0 Å². The van der Waals surface area contributed by atoms with Gasteiger partial charge in [-0.25, -0.2) is 9.50 Å². The zero-order valence-corrected chi connectivity index (χ0v) is 8.35. The summed E-state index contributed by atoms with van der Waals surface area (Å²) in [5.41, 5.74) is 0.703. The van der Waals surface area contributed by atoms with E-state index in [0.29, 0.717) is 22.4 Å². The molecule has 3 aromatic rings. The van der Waals surface area contributed by atoms with Gasteiger partial charge in [-0.1, -0.05) is 17.7 Å². The van der Waals surface area contributed by atoms with Crippen molar-refractivity contribution in [2.75, 3.05) is 0 Å². The van der Waals surface area contributed by atoms with Crippen LogP contribution in [0, 0.1) is 0 Å². The molecule has 5 heteroatoms. The van der Waals surface area contributed by atoms with Gasteiger partial charge in [0, 0.05) is 0 Å². The summed E-state index contributed by atoms with van der Waals surface area (Å²) in [6, 6.07) is 9.03. The first-order chi connectivity index (χ1) is 7.34. The van der Waals surface area contributed by atoms with E-state index in [2.05, 4.69) is 10.1 Å². The standard InChI is InChI=1S/C10H6ClN3O/c11-8-4-1-5-9-12-10(13-14(8)9)7-3-2-6-15-7/h1-6H. The van der Waals surface area contributed by atoms with Crippen LogP contribution in [0.25, 0.3) is 17.2 Å². The fraction of sp³-hybridized carbons (Fsp3) is 0. The van der Waals surface area contributed by atoms with Crippen LogP contribution < -0.4 is 0 Å². The molecule has 0 radical (unpaired) electrons. The molecule has 4 nitrogen and oxygen atoms in total. The molecule has 74 valence electrons. The van der Waals surface area contributed by atoms with E-state index in [1.807, 2.05) is 18.2 Å². The molecule has 0 aliphatic heterocycles. The highest BCUT2D eigenvalue weighted by molar-refractivity contribution is 6.29. The molecule has 0 unspecified atom stereocenters. The Balaban J connectivity index is 2.27. The van der Waals surface area contributed by atoms with Gasteiger partial charge in [0.25, 0.3) is 0 Å². The third-order valence-electron chi connectivity index (χ3n) is 2.06. The Morgan fingerprint density at radius 2 is 2.13 bits per heavy atom. The number of aromatic nitrogens is 3. The third kappa shape index (κ3) is 1.30. The Morgan fingerprint density at radius 3 is 2.87 bits per heavy atom. The Labute approximate surface area is 90.1 Å². The molecule has 0 aromatic carbocycles. The van der Waals surface area contributed by atoms with Crippen molar-refractivity contribution in [3.8, 4) is 11.6 Å². The summed E-state index contributed by atoms with van der Waals surface area (Å²) in [5, 5.41) is 4.76. The molecule has 0 amide bonds. The molecule has 0 aliphatic carbocycles. The van der Waals surface area contributed by atoms with Crippen LogP contribution in [0.1, 0.15) is 0 Å². The number of halogens is 1. The summed E-state index contributed by atoms with van der Waals surface area (Å²) >= 11 is 5.96. The number of furan rings is 1. The Bertz CT molecular complexity index is 600. The lowest BCUT2D eigenvalue weighted by Gasteiger charge is -1.91. The van der Waals surface area contributed by atoms with E-state index in [1.54, 1.807) is 22.9 Å². The lowest BCUT2D eigenvalue weighted by atomic mass is 10.4. The van der Waals surface area contributed by atoms with Crippen molar-refractivity contribution < 1.29 is 4.42 Å². The average molecular weight is 220 g/mol. The smallest absolute Gasteiger partial charge is 0.217 e.